The van der Waals surface area contributed by atoms with Crippen molar-refractivity contribution in [2.45, 2.75) is 19.9 Å². The smallest absolute Gasteiger partial charge is 0.337 e. The maximum atomic E-state index is 12.0. The molecular formula is C13H15N2O2S-. The molecule has 5 heteroatoms. The van der Waals surface area contributed by atoms with Crippen molar-refractivity contribution in [3.63, 3.8) is 0 Å². The van der Waals surface area contributed by atoms with Gasteiger partial charge in [0.15, 0.2) is 5.11 Å². The molecule has 0 saturated heterocycles. The average molecular weight is 263 g/mol. The van der Waals surface area contributed by atoms with Crippen LogP contribution in [0.3, 0.4) is 0 Å². The first-order valence-corrected chi connectivity index (χ1v) is 6.21. The second-order valence-corrected chi connectivity index (χ2v) is 4.42. The highest BCUT2D eigenvalue weighted by atomic mass is 32.1. The van der Waals surface area contributed by atoms with E-state index >= 15 is 0 Å². The molecule has 96 valence electrons. The van der Waals surface area contributed by atoms with Gasteiger partial charge in [-0.25, -0.2) is 10.9 Å². The predicted molar refractivity (Wildman–Crippen MR) is 73.0 cm³/mol. The average Bonchev–Trinajstić information content (AvgIpc) is 2.81. The SMILES string of the molecule is CCOC(=O)C1=C(C)NC(=S)NC1c1cc[cH-]c1. The number of hydrogen-bond acceptors (Lipinski definition) is 3. The standard InChI is InChI=1S/C13H15N2O2S/c1-3-17-12(16)10-8(2)14-13(18)15-11(10)9-6-4-5-7-9/h4-7,11H,3H2,1-2H3,(H2,14,15,18)/q-1. The Morgan fingerprint density at radius 2 is 2.39 bits per heavy atom. The van der Waals surface area contributed by atoms with Crippen LogP contribution in [-0.2, 0) is 9.53 Å². The summed E-state index contributed by atoms with van der Waals surface area (Å²) in [6.45, 7) is 3.97. The van der Waals surface area contributed by atoms with E-state index in [1.165, 1.54) is 0 Å². The van der Waals surface area contributed by atoms with E-state index in [0.29, 0.717) is 17.3 Å². The zero-order chi connectivity index (χ0) is 13.1. The number of esters is 1. The summed E-state index contributed by atoms with van der Waals surface area (Å²) in [7, 11) is 0. The summed E-state index contributed by atoms with van der Waals surface area (Å²) in [6, 6.07) is 7.53. The monoisotopic (exact) mass is 263 g/mol. The van der Waals surface area contributed by atoms with E-state index in [-0.39, 0.29) is 12.0 Å². The predicted octanol–water partition coefficient (Wildman–Crippen LogP) is 1.76. The minimum Gasteiger partial charge on any atom is -0.463 e. The molecule has 1 aromatic rings. The first-order chi connectivity index (χ1) is 8.63. The third-order valence-corrected chi connectivity index (χ3v) is 3.01. The van der Waals surface area contributed by atoms with Gasteiger partial charge in [-0.3, -0.25) is 0 Å². The van der Waals surface area contributed by atoms with Crippen molar-refractivity contribution in [1.82, 2.24) is 10.6 Å². The van der Waals surface area contributed by atoms with E-state index < -0.39 is 0 Å². The Bertz CT molecular complexity index is 491. The van der Waals surface area contributed by atoms with Gasteiger partial charge >= 0.3 is 5.97 Å². The van der Waals surface area contributed by atoms with Crippen LogP contribution in [0.25, 0.3) is 0 Å². The van der Waals surface area contributed by atoms with Crippen LogP contribution in [0.1, 0.15) is 25.5 Å². The number of allylic oxidation sites excluding steroid dienone is 1. The van der Waals surface area contributed by atoms with Crippen LogP contribution < -0.4 is 10.6 Å². The Kier molecular flexibility index (Phi) is 3.72. The van der Waals surface area contributed by atoms with Crippen molar-refractivity contribution < 1.29 is 9.53 Å². The lowest BCUT2D eigenvalue weighted by Gasteiger charge is -2.32. The molecule has 0 saturated carbocycles. The molecule has 1 aliphatic rings. The van der Waals surface area contributed by atoms with E-state index in [1.807, 2.05) is 31.2 Å². The van der Waals surface area contributed by atoms with Crippen LogP contribution >= 0.6 is 12.2 Å². The quantitative estimate of drug-likeness (QED) is 0.494. The van der Waals surface area contributed by atoms with Crippen molar-refractivity contribution in [3.8, 4) is 0 Å². The second kappa shape index (κ2) is 5.27. The highest BCUT2D eigenvalue weighted by Gasteiger charge is 2.27. The van der Waals surface area contributed by atoms with E-state index in [1.54, 1.807) is 6.92 Å². The summed E-state index contributed by atoms with van der Waals surface area (Å²) in [4.78, 5) is 12.0. The Morgan fingerprint density at radius 1 is 1.61 bits per heavy atom. The summed E-state index contributed by atoms with van der Waals surface area (Å²) >= 11 is 5.13. The van der Waals surface area contributed by atoms with Crippen LogP contribution in [0.4, 0.5) is 0 Å². The number of ether oxygens (including phenoxy) is 1. The number of rotatable bonds is 3. The maximum absolute atomic E-state index is 12.0. The number of carbonyl (C=O) groups excluding carboxylic acids is 1. The Morgan fingerprint density at radius 3 is 3.00 bits per heavy atom. The van der Waals surface area contributed by atoms with Gasteiger partial charge in [0.25, 0.3) is 0 Å². The van der Waals surface area contributed by atoms with Gasteiger partial charge in [-0.2, -0.15) is 23.8 Å². The maximum Gasteiger partial charge on any atom is 0.337 e. The largest absolute Gasteiger partial charge is 0.463 e. The molecule has 0 spiro atoms. The number of carbonyl (C=O) groups is 1. The fraction of sp³-hybridized carbons (Fsp3) is 0.308. The molecule has 1 heterocycles. The summed E-state index contributed by atoms with van der Waals surface area (Å²) in [5, 5.41) is 6.58. The lowest BCUT2D eigenvalue weighted by molar-refractivity contribution is -0.139. The topological polar surface area (TPSA) is 50.4 Å². The zero-order valence-electron chi connectivity index (χ0n) is 10.3. The first-order valence-electron chi connectivity index (χ1n) is 5.80. The summed E-state index contributed by atoms with van der Waals surface area (Å²) in [5.41, 5.74) is 2.32. The molecule has 0 bridgehead atoms. The highest BCUT2D eigenvalue weighted by molar-refractivity contribution is 7.80. The molecule has 0 radical (unpaired) electrons. The van der Waals surface area contributed by atoms with Crippen molar-refractivity contribution in [2.75, 3.05) is 6.61 Å². The molecule has 1 aromatic carbocycles. The molecule has 4 nitrogen and oxygen atoms in total. The van der Waals surface area contributed by atoms with Gasteiger partial charge in [0, 0.05) is 11.7 Å². The van der Waals surface area contributed by atoms with Gasteiger partial charge in [0.1, 0.15) is 0 Å². The van der Waals surface area contributed by atoms with Crippen LogP contribution in [-0.4, -0.2) is 17.7 Å². The fourth-order valence-electron chi connectivity index (χ4n) is 2.00. The molecule has 0 aliphatic carbocycles. The van der Waals surface area contributed by atoms with Crippen LogP contribution in [0.2, 0.25) is 0 Å². The first kappa shape index (κ1) is 12.7. The highest BCUT2D eigenvalue weighted by Crippen LogP contribution is 2.27. The molecule has 0 aromatic heterocycles. The summed E-state index contributed by atoms with van der Waals surface area (Å²) in [5.74, 6) is -0.316. The molecule has 0 fully saturated rings. The van der Waals surface area contributed by atoms with Crippen LogP contribution in [0, 0.1) is 0 Å². The number of nitrogens with one attached hydrogen (secondary N) is 2. The van der Waals surface area contributed by atoms with Crippen molar-refractivity contribution in [3.05, 3.63) is 41.1 Å². The van der Waals surface area contributed by atoms with E-state index in [4.69, 9.17) is 17.0 Å². The van der Waals surface area contributed by atoms with Gasteiger partial charge in [-0.1, -0.05) is 0 Å². The summed E-state index contributed by atoms with van der Waals surface area (Å²) < 4.78 is 5.10. The third-order valence-electron chi connectivity index (χ3n) is 2.79. The Hall–Kier alpha value is -1.75. The van der Waals surface area contributed by atoms with Crippen LogP contribution in [0.5, 0.6) is 0 Å². The van der Waals surface area contributed by atoms with Crippen molar-refractivity contribution in [1.29, 1.82) is 0 Å². The third kappa shape index (κ3) is 2.41. The fourth-order valence-corrected chi connectivity index (χ4v) is 2.28. The molecule has 1 atom stereocenters. The minimum atomic E-state index is -0.316. The number of hydrogen-bond donors (Lipinski definition) is 2. The lowest BCUT2D eigenvalue weighted by Crippen LogP contribution is -2.45. The van der Waals surface area contributed by atoms with E-state index in [0.717, 1.165) is 11.3 Å². The normalized spacial score (nSPS) is 19.2. The molecule has 1 aliphatic heterocycles. The van der Waals surface area contributed by atoms with Gasteiger partial charge < -0.3 is 15.4 Å². The molecule has 1 unspecified atom stereocenters. The van der Waals surface area contributed by atoms with Crippen LogP contribution in [0.15, 0.2) is 35.5 Å². The van der Waals surface area contributed by atoms with Gasteiger partial charge in [-0.05, 0) is 26.1 Å². The zero-order valence-corrected chi connectivity index (χ0v) is 11.1. The molecule has 2 rings (SSSR count). The Labute approximate surface area is 111 Å². The van der Waals surface area contributed by atoms with Gasteiger partial charge in [0.05, 0.1) is 12.2 Å². The van der Waals surface area contributed by atoms with E-state index in [9.17, 15) is 4.79 Å². The second-order valence-electron chi connectivity index (χ2n) is 4.01. The Balaban J connectivity index is 2.38. The van der Waals surface area contributed by atoms with Crippen molar-refractivity contribution >= 4 is 23.3 Å². The number of thiocarbonyl (C=S) groups is 1. The molecule has 2 N–H and O–H groups in total. The van der Waals surface area contributed by atoms with Gasteiger partial charge in [-0.15, -0.1) is 0 Å². The molecular weight excluding hydrogens is 248 g/mol. The molecule has 18 heavy (non-hydrogen) atoms. The minimum absolute atomic E-state index is 0.243. The molecule has 0 amide bonds. The lowest BCUT2D eigenvalue weighted by atomic mass is 9.98. The summed E-state index contributed by atoms with van der Waals surface area (Å²) in [6.07, 6.45) is 0. The van der Waals surface area contributed by atoms with Crippen molar-refractivity contribution in [2.24, 2.45) is 0 Å². The van der Waals surface area contributed by atoms with E-state index in [2.05, 4.69) is 10.6 Å². The van der Waals surface area contributed by atoms with Gasteiger partial charge in [0.2, 0.25) is 0 Å².